The second-order valence-corrected chi connectivity index (χ2v) is 8.31. The van der Waals surface area contributed by atoms with Crippen molar-refractivity contribution in [1.82, 2.24) is 4.98 Å². The third kappa shape index (κ3) is 3.78. The van der Waals surface area contributed by atoms with Gasteiger partial charge in [-0.1, -0.05) is 29.5 Å². The highest BCUT2D eigenvalue weighted by molar-refractivity contribution is 7.22. The van der Waals surface area contributed by atoms with E-state index in [1.54, 1.807) is 25.6 Å². The van der Waals surface area contributed by atoms with Gasteiger partial charge in [0.15, 0.2) is 11.5 Å². The summed E-state index contributed by atoms with van der Waals surface area (Å²) in [6, 6.07) is 21.7. The summed E-state index contributed by atoms with van der Waals surface area (Å²) < 4.78 is 18.2. The predicted octanol–water partition coefficient (Wildman–Crippen LogP) is 5.96. The number of hydrogen-bond acceptors (Lipinski definition) is 7. The monoisotopic (exact) mass is 443 g/mol. The minimum absolute atomic E-state index is 0.635. The Morgan fingerprint density at radius 1 is 0.938 bits per heavy atom. The lowest BCUT2D eigenvalue weighted by Crippen LogP contribution is -2.07. The number of benzene rings is 3. The molecule has 3 aromatic carbocycles. The van der Waals surface area contributed by atoms with Gasteiger partial charge in [0.05, 0.1) is 29.8 Å². The van der Waals surface area contributed by atoms with Crippen molar-refractivity contribution >= 4 is 37.7 Å². The molecule has 0 saturated carbocycles. The van der Waals surface area contributed by atoms with Crippen LogP contribution in [0.4, 0.5) is 5.13 Å². The highest BCUT2D eigenvalue weighted by Gasteiger charge is 2.11. The molecule has 32 heavy (non-hydrogen) atoms. The molecule has 7 heteroatoms. The second-order valence-electron chi connectivity index (χ2n) is 7.28. The number of para-hydroxylation sites is 1. The first-order valence-corrected chi connectivity index (χ1v) is 10.9. The molecule has 0 bridgehead atoms. The largest absolute Gasteiger partial charge is 0.493 e. The number of fused-ring (bicyclic) bond motifs is 2. The molecule has 0 aliphatic heterocycles. The molecular weight excluding hydrogens is 422 g/mol. The molecule has 2 heterocycles. The van der Waals surface area contributed by atoms with Gasteiger partial charge in [-0.25, -0.2) is 4.98 Å². The Bertz CT molecular complexity index is 1470. The number of nitrogens with zero attached hydrogens (tertiary/aromatic N) is 2. The molecule has 0 aliphatic rings. The SMILES string of the molecule is COc1ccc(-c2c/c(=N\Nc3nc4ccccc4s3)c3ccc(C)cc3o2)cc1OC. The standard InChI is InChI=1S/C25H21N3O3S/c1-15-8-10-17-19(27-28-25-26-18-6-4-5-7-24(18)32-25)14-21(31-22(17)12-15)16-9-11-20(29-2)23(13-16)30-3/h4-14H,1-3H3,(H,26,28)/b27-19+. The van der Waals surface area contributed by atoms with Gasteiger partial charge in [0.1, 0.15) is 11.3 Å². The van der Waals surface area contributed by atoms with Crippen LogP contribution in [0.3, 0.4) is 0 Å². The van der Waals surface area contributed by atoms with E-state index in [0.717, 1.165) is 42.8 Å². The van der Waals surface area contributed by atoms with E-state index in [2.05, 4.69) is 15.5 Å². The lowest BCUT2D eigenvalue weighted by Gasteiger charge is -2.10. The van der Waals surface area contributed by atoms with Crippen LogP contribution in [0, 0.1) is 6.92 Å². The molecule has 5 aromatic rings. The van der Waals surface area contributed by atoms with Gasteiger partial charge in [-0.3, -0.25) is 5.43 Å². The van der Waals surface area contributed by atoms with Crippen LogP contribution in [0.2, 0.25) is 0 Å². The molecule has 6 nitrogen and oxygen atoms in total. The average Bonchev–Trinajstić information content (AvgIpc) is 3.24. The molecule has 0 spiro atoms. The number of aromatic nitrogens is 1. The molecule has 0 amide bonds. The minimum atomic E-state index is 0.635. The van der Waals surface area contributed by atoms with E-state index in [-0.39, 0.29) is 0 Å². The fraction of sp³-hybridized carbons (Fsp3) is 0.120. The number of hydrogen-bond donors (Lipinski definition) is 1. The summed E-state index contributed by atoms with van der Waals surface area (Å²) in [6.45, 7) is 2.04. The van der Waals surface area contributed by atoms with Gasteiger partial charge in [0.25, 0.3) is 0 Å². The number of methoxy groups -OCH3 is 2. The number of thiazole rings is 1. The zero-order valence-electron chi connectivity index (χ0n) is 17.9. The van der Waals surface area contributed by atoms with Crippen LogP contribution < -0.4 is 20.3 Å². The Labute approximate surface area is 188 Å². The first-order chi connectivity index (χ1) is 15.6. The third-order valence-electron chi connectivity index (χ3n) is 5.13. The molecule has 0 saturated heterocycles. The van der Waals surface area contributed by atoms with Crippen LogP contribution in [0.25, 0.3) is 32.5 Å². The average molecular weight is 444 g/mol. The van der Waals surface area contributed by atoms with Crippen molar-refractivity contribution in [2.45, 2.75) is 6.92 Å². The van der Waals surface area contributed by atoms with E-state index < -0.39 is 0 Å². The van der Waals surface area contributed by atoms with Crippen molar-refractivity contribution in [1.29, 1.82) is 0 Å². The molecule has 2 aromatic heterocycles. The normalized spacial score (nSPS) is 11.8. The van der Waals surface area contributed by atoms with E-state index in [1.807, 2.05) is 73.7 Å². The first-order valence-electron chi connectivity index (χ1n) is 10.1. The summed E-state index contributed by atoms with van der Waals surface area (Å²) in [5.74, 6) is 1.97. The number of anilines is 1. The first kappa shape index (κ1) is 20.1. The second kappa shape index (κ2) is 8.36. The van der Waals surface area contributed by atoms with Crippen LogP contribution >= 0.6 is 11.3 Å². The molecule has 160 valence electrons. The summed E-state index contributed by atoms with van der Waals surface area (Å²) in [6.07, 6.45) is 0. The van der Waals surface area contributed by atoms with Crippen molar-refractivity contribution < 1.29 is 13.9 Å². The van der Waals surface area contributed by atoms with Gasteiger partial charge in [-0.05, 0) is 55.0 Å². The summed E-state index contributed by atoms with van der Waals surface area (Å²) in [4.78, 5) is 4.60. The maximum Gasteiger partial charge on any atom is 0.204 e. The Kier molecular flexibility index (Phi) is 5.25. The molecule has 0 unspecified atom stereocenters. The number of aryl methyl sites for hydroxylation is 1. The number of rotatable bonds is 5. The van der Waals surface area contributed by atoms with E-state index in [0.29, 0.717) is 17.3 Å². The predicted molar refractivity (Wildman–Crippen MR) is 128 cm³/mol. The zero-order valence-corrected chi connectivity index (χ0v) is 18.7. The fourth-order valence-electron chi connectivity index (χ4n) is 3.53. The molecule has 0 radical (unpaired) electrons. The van der Waals surface area contributed by atoms with Crippen LogP contribution in [-0.2, 0) is 0 Å². The van der Waals surface area contributed by atoms with E-state index in [1.165, 1.54) is 0 Å². The topological polar surface area (TPSA) is 68.9 Å². The third-order valence-corrected chi connectivity index (χ3v) is 6.08. The van der Waals surface area contributed by atoms with E-state index >= 15 is 0 Å². The maximum absolute atomic E-state index is 6.25. The smallest absolute Gasteiger partial charge is 0.204 e. The van der Waals surface area contributed by atoms with Crippen molar-refractivity contribution in [3.63, 3.8) is 0 Å². The van der Waals surface area contributed by atoms with Crippen molar-refractivity contribution in [3.8, 4) is 22.8 Å². The zero-order chi connectivity index (χ0) is 22.1. The molecule has 5 rings (SSSR count). The molecule has 0 aliphatic carbocycles. The fourth-order valence-corrected chi connectivity index (χ4v) is 4.34. The van der Waals surface area contributed by atoms with Gasteiger partial charge in [-0.2, -0.15) is 5.10 Å². The molecule has 0 fully saturated rings. The molecular formula is C25H21N3O3S. The van der Waals surface area contributed by atoms with Gasteiger partial charge in [0, 0.05) is 17.0 Å². The van der Waals surface area contributed by atoms with Crippen molar-refractivity contribution in [3.05, 3.63) is 77.7 Å². The Hall–Kier alpha value is -3.84. The summed E-state index contributed by atoms with van der Waals surface area (Å²) in [7, 11) is 3.23. The number of ether oxygens (including phenoxy) is 2. The summed E-state index contributed by atoms with van der Waals surface area (Å²) in [5, 5.41) is 7.08. The van der Waals surface area contributed by atoms with Gasteiger partial charge in [0.2, 0.25) is 5.13 Å². The maximum atomic E-state index is 6.25. The van der Waals surface area contributed by atoms with Crippen molar-refractivity contribution in [2.24, 2.45) is 5.10 Å². The van der Waals surface area contributed by atoms with Crippen LogP contribution in [-0.4, -0.2) is 19.2 Å². The number of nitrogens with one attached hydrogen (secondary N) is 1. The Morgan fingerprint density at radius 3 is 2.59 bits per heavy atom. The molecule has 0 atom stereocenters. The lowest BCUT2D eigenvalue weighted by atomic mass is 10.1. The quantitative estimate of drug-likeness (QED) is 0.339. The van der Waals surface area contributed by atoms with Gasteiger partial charge >= 0.3 is 0 Å². The highest BCUT2D eigenvalue weighted by atomic mass is 32.1. The van der Waals surface area contributed by atoms with Crippen LogP contribution in [0.15, 0.2) is 76.2 Å². The lowest BCUT2D eigenvalue weighted by molar-refractivity contribution is 0.355. The summed E-state index contributed by atoms with van der Waals surface area (Å²) in [5.41, 5.74) is 6.79. The van der Waals surface area contributed by atoms with Gasteiger partial charge < -0.3 is 13.9 Å². The van der Waals surface area contributed by atoms with Crippen LogP contribution in [0.1, 0.15) is 5.56 Å². The van der Waals surface area contributed by atoms with Crippen LogP contribution in [0.5, 0.6) is 11.5 Å². The van der Waals surface area contributed by atoms with E-state index in [4.69, 9.17) is 13.9 Å². The van der Waals surface area contributed by atoms with E-state index in [9.17, 15) is 0 Å². The Morgan fingerprint density at radius 2 is 1.78 bits per heavy atom. The molecule has 1 N–H and O–H groups in total. The highest BCUT2D eigenvalue weighted by Crippen LogP contribution is 2.33. The van der Waals surface area contributed by atoms with Crippen molar-refractivity contribution in [2.75, 3.05) is 19.6 Å². The minimum Gasteiger partial charge on any atom is -0.493 e. The Balaban J connectivity index is 1.63. The summed E-state index contributed by atoms with van der Waals surface area (Å²) >= 11 is 1.56. The van der Waals surface area contributed by atoms with Gasteiger partial charge in [-0.15, -0.1) is 0 Å².